The molecular weight excluding hydrogens is 469 g/mol. The van der Waals surface area contributed by atoms with Gasteiger partial charge in [-0.15, -0.1) is 0 Å². The molecule has 2 amide bonds. The van der Waals surface area contributed by atoms with Crippen molar-refractivity contribution in [1.29, 1.82) is 0 Å². The van der Waals surface area contributed by atoms with Gasteiger partial charge in [0, 0.05) is 36.8 Å². The normalized spacial score (nSPS) is 15.4. The molecule has 1 aliphatic rings. The van der Waals surface area contributed by atoms with Crippen LogP contribution in [-0.4, -0.2) is 37.6 Å². The Bertz CT molecular complexity index is 1120. The first-order valence-electron chi connectivity index (χ1n) is 10.7. The molecule has 178 valence electrons. The predicted octanol–water partition coefficient (Wildman–Crippen LogP) is 4.50. The Hall–Kier alpha value is -2.49. The fraction of sp³-hybridized carbons (Fsp3) is 0.391. The monoisotopic (exact) mass is 495 g/mol. The van der Waals surface area contributed by atoms with E-state index >= 15 is 0 Å². The highest BCUT2D eigenvalue weighted by atomic mass is 35.5. The Morgan fingerprint density at radius 3 is 2.18 bits per heavy atom. The van der Waals surface area contributed by atoms with E-state index in [-0.39, 0.29) is 46.7 Å². The zero-order valence-corrected chi connectivity index (χ0v) is 20.0. The molecule has 0 atom stereocenters. The Morgan fingerprint density at radius 1 is 1.06 bits per heavy atom. The van der Waals surface area contributed by atoms with Gasteiger partial charge in [-0.2, -0.15) is 4.31 Å². The molecule has 0 aliphatic carbocycles. The van der Waals surface area contributed by atoms with Gasteiger partial charge in [0.2, 0.25) is 21.8 Å². The quantitative estimate of drug-likeness (QED) is 0.591. The van der Waals surface area contributed by atoms with Crippen LogP contribution in [0.15, 0.2) is 47.4 Å². The summed E-state index contributed by atoms with van der Waals surface area (Å²) in [7, 11) is -3.82. The molecule has 0 saturated carbocycles. The molecule has 1 fully saturated rings. The van der Waals surface area contributed by atoms with Crippen molar-refractivity contribution < 1.29 is 22.4 Å². The number of hydrogen-bond donors (Lipinski definition) is 2. The van der Waals surface area contributed by atoms with Crippen LogP contribution in [0.3, 0.4) is 0 Å². The van der Waals surface area contributed by atoms with Crippen molar-refractivity contribution in [3.05, 3.63) is 53.3 Å². The van der Waals surface area contributed by atoms with Crippen LogP contribution in [-0.2, 0) is 19.6 Å². The molecule has 1 aliphatic heterocycles. The Balaban J connectivity index is 1.54. The van der Waals surface area contributed by atoms with Gasteiger partial charge in [0.05, 0.1) is 9.92 Å². The van der Waals surface area contributed by atoms with E-state index in [9.17, 15) is 22.4 Å². The van der Waals surface area contributed by atoms with E-state index in [0.29, 0.717) is 30.6 Å². The number of piperidine rings is 1. The van der Waals surface area contributed by atoms with Crippen molar-refractivity contribution in [2.24, 2.45) is 11.8 Å². The third-order valence-electron chi connectivity index (χ3n) is 5.38. The lowest BCUT2D eigenvalue weighted by Gasteiger charge is -2.30. The van der Waals surface area contributed by atoms with Gasteiger partial charge in [-0.3, -0.25) is 9.59 Å². The SMILES string of the molecule is CC(C)CC(=O)Nc1ccc(NC(=O)C2CCN(S(=O)(=O)c3ccc(F)c(Cl)c3)CC2)cc1. The molecule has 3 rings (SSSR count). The number of rotatable bonds is 7. The van der Waals surface area contributed by atoms with Crippen LogP contribution in [0.5, 0.6) is 0 Å². The van der Waals surface area contributed by atoms with Gasteiger partial charge in [-0.25, -0.2) is 12.8 Å². The lowest BCUT2D eigenvalue weighted by molar-refractivity contribution is -0.121. The van der Waals surface area contributed by atoms with E-state index in [4.69, 9.17) is 11.6 Å². The smallest absolute Gasteiger partial charge is 0.243 e. The third kappa shape index (κ3) is 6.52. The van der Waals surface area contributed by atoms with E-state index in [0.717, 1.165) is 12.1 Å². The van der Waals surface area contributed by atoms with Gasteiger partial charge in [-0.1, -0.05) is 25.4 Å². The zero-order valence-electron chi connectivity index (χ0n) is 18.5. The summed E-state index contributed by atoms with van der Waals surface area (Å²) in [5, 5.41) is 5.40. The number of halogens is 2. The minimum absolute atomic E-state index is 0.0635. The number of amides is 2. The van der Waals surface area contributed by atoms with Gasteiger partial charge in [0.15, 0.2) is 0 Å². The summed E-state index contributed by atoms with van der Waals surface area (Å²) in [4.78, 5) is 24.4. The molecule has 0 aromatic heterocycles. The second-order valence-electron chi connectivity index (χ2n) is 8.47. The maximum Gasteiger partial charge on any atom is 0.243 e. The van der Waals surface area contributed by atoms with Crippen LogP contribution in [0.2, 0.25) is 5.02 Å². The first-order valence-corrected chi connectivity index (χ1v) is 12.5. The molecule has 0 spiro atoms. The van der Waals surface area contributed by atoms with Gasteiger partial charge in [-0.05, 0) is 61.2 Å². The van der Waals surface area contributed by atoms with Crippen LogP contribution in [0.25, 0.3) is 0 Å². The summed E-state index contributed by atoms with van der Waals surface area (Å²) in [5.74, 6) is -1.01. The number of nitrogens with zero attached hydrogens (tertiary/aromatic N) is 1. The number of carbonyl (C=O) groups excluding carboxylic acids is 2. The molecule has 0 radical (unpaired) electrons. The summed E-state index contributed by atoms with van der Waals surface area (Å²) in [6.45, 7) is 4.29. The van der Waals surface area contributed by atoms with Crippen molar-refractivity contribution in [2.75, 3.05) is 23.7 Å². The Kier molecular flexibility index (Phi) is 8.10. The fourth-order valence-electron chi connectivity index (χ4n) is 3.61. The van der Waals surface area contributed by atoms with E-state index in [1.165, 1.54) is 10.4 Å². The largest absolute Gasteiger partial charge is 0.326 e. The molecular formula is C23H27ClFN3O4S. The molecule has 1 heterocycles. The first kappa shape index (κ1) is 25.1. The molecule has 2 aromatic rings. The second kappa shape index (κ2) is 10.6. The van der Waals surface area contributed by atoms with E-state index < -0.39 is 15.8 Å². The molecule has 2 aromatic carbocycles. The molecule has 0 bridgehead atoms. The number of carbonyl (C=O) groups is 2. The highest BCUT2D eigenvalue weighted by molar-refractivity contribution is 7.89. The average Bonchev–Trinajstić information content (AvgIpc) is 2.76. The molecule has 1 saturated heterocycles. The summed E-state index contributed by atoms with van der Waals surface area (Å²) in [6.07, 6.45) is 1.16. The molecule has 7 nitrogen and oxygen atoms in total. The van der Waals surface area contributed by atoms with Crippen LogP contribution in [0.1, 0.15) is 33.1 Å². The molecule has 10 heteroatoms. The molecule has 33 heavy (non-hydrogen) atoms. The maximum atomic E-state index is 13.4. The Morgan fingerprint density at radius 2 is 1.64 bits per heavy atom. The van der Waals surface area contributed by atoms with Gasteiger partial charge in [0.1, 0.15) is 5.82 Å². The van der Waals surface area contributed by atoms with Crippen LogP contribution in [0, 0.1) is 17.7 Å². The highest BCUT2D eigenvalue weighted by Gasteiger charge is 2.32. The number of hydrogen-bond acceptors (Lipinski definition) is 4. The Labute approximate surface area is 198 Å². The third-order valence-corrected chi connectivity index (χ3v) is 7.57. The van der Waals surface area contributed by atoms with Crippen molar-refractivity contribution in [1.82, 2.24) is 4.31 Å². The topological polar surface area (TPSA) is 95.6 Å². The van der Waals surface area contributed by atoms with Crippen LogP contribution in [0.4, 0.5) is 15.8 Å². The highest BCUT2D eigenvalue weighted by Crippen LogP contribution is 2.27. The molecule has 0 unspecified atom stereocenters. The summed E-state index contributed by atoms with van der Waals surface area (Å²) in [6, 6.07) is 10.2. The van der Waals surface area contributed by atoms with Gasteiger partial charge in [0.25, 0.3) is 0 Å². The van der Waals surface area contributed by atoms with Crippen molar-refractivity contribution in [3.63, 3.8) is 0 Å². The van der Waals surface area contributed by atoms with Crippen LogP contribution >= 0.6 is 11.6 Å². The lowest BCUT2D eigenvalue weighted by Crippen LogP contribution is -2.41. The minimum atomic E-state index is -3.82. The van der Waals surface area contributed by atoms with Gasteiger partial charge >= 0.3 is 0 Å². The fourth-order valence-corrected chi connectivity index (χ4v) is 5.35. The van der Waals surface area contributed by atoms with Crippen molar-refractivity contribution in [3.8, 4) is 0 Å². The lowest BCUT2D eigenvalue weighted by atomic mass is 9.97. The standard InChI is InChI=1S/C23H27ClFN3O4S/c1-15(2)13-22(29)26-17-3-5-18(6-4-17)27-23(30)16-9-11-28(12-10-16)33(31,32)19-7-8-21(25)20(24)14-19/h3-8,14-16H,9-13H2,1-2H3,(H,26,29)(H,27,30). The number of anilines is 2. The van der Waals surface area contributed by atoms with E-state index in [1.54, 1.807) is 24.3 Å². The zero-order chi connectivity index (χ0) is 24.2. The summed E-state index contributed by atoms with van der Waals surface area (Å²) in [5.41, 5.74) is 1.25. The number of benzene rings is 2. The maximum absolute atomic E-state index is 13.4. The van der Waals surface area contributed by atoms with E-state index in [2.05, 4.69) is 10.6 Å². The summed E-state index contributed by atoms with van der Waals surface area (Å²) < 4.78 is 40.3. The van der Waals surface area contributed by atoms with Crippen LogP contribution < -0.4 is 10.6 Å². The number of nitrogens with one attached hydrogen (secondary N) is 2. The van der Waals surface area contributed by atoms with Crippen molar-refractivity contribution >= 4 is 44.8 Å². The van der Waals surface area contributed by atoms with Gasteiger partial charge < -0.3 is 10.6 Å². The predicted molar refractivity (Wildman–Crippen MR) is 126 cm³/mol. The van der Waals surface area contributed by atoms with E-state index in [1.807, 2.05) is 13.8 Å². The second-order valence-corrected chi connectivity index (χ2v) is 10.8. The first-order chi connectivity index (χ1) is 15.6. The summed E-state index contributed by atoms with van der Waals surface area (Å²) >= 11 is 5.72. The van der Waals surface area contributed by atoms with Crippen molar-refractivity contribution in [2.45, 2.75) is 38.0 Å². The minimum Gasteiger partial charge on any atom is -0.326 e. The molecule has 2 N–H and O–H groups in total. The number of sulfonamides is 1. The average molecular weight is 496 g/mol.